The van der Waals surface area contributed by atoms with Gasteiger partial charge >= 0.3 is 0 Å². The van der Waals surface area contributed by atoms with Crippen LogP contribution in [0.25, 0.3) is 0 Å². The third kappa shape index (κ3) is 12.7. The monoisotopic (exact) mass is 298 g/mol. The van der Waals surface area contributed by atoms with E-state index in [1.807, 2.05) is 7.05 Å². The predicted molar refractivity (Wildman–Crippen MR) is 95.1 cm³/mol. The van der Waals surface area contributed by atoms with Crippen LogP contribution in [0.3, 0.4) is 0 Å². The number of unbranched alkanes of at least 4 members (excludes halogenated alkanes) is 2. The Morgan fingerprint density at radius 1 is 0.952 bits per heavy atom. The molecule has 0 saturated carbocycles. The third-order valence-corrected chi connectivity index (χ3v) is 3.81. The van der Waals surface area contributed by atoms with Crippen LogP contribution < -0.4 is 10.6 Å². The van der Waals surface area contributed by atoms with E-state index in [4.69, 9.17) is 0 Å². The van der Waals surface area contributed by atoms with Gasteiger partial charge in [0.2, 0.25) is 0 Å². The third-order valence-electron chi connectivity index (χ3n) is 3.81. The maximum absolute atomic E-state index is 4.27. The minimum Gasteiger partial charge on any atom is -0.356 e. The molecule has 126 valence electrons. The first kappa shape index (κ1) is 20.2. The van der Waals surface area contributed by atoms with Gasteiger partial charge in [-0.25, -0.2) is 0 Å². The number of hydrogen-bond acceptors (Lipinski definition) is 2. The molecular weight excluding hydrogens is 260 g/mol. The summed E-state index contributed by atoms with van der Waals surface area (Å²) in [7, 11) is 1.85. The molecule has 0 heterocycles. The SMILES string of the molecule is CCN(CC)CCCCNC(=NC)NCCCCC(C)C. The summed E-state index contributed by atoms with van der Waals surface area (Å²) in [5.74, 6) is 1.76. The average Bonchev–Trinajstić information content (AvgIpc) is 2.48. The van der Waals surface area contributed by atoms with Gasteiger partial charge in [-0.2, -0.15) is 0 Å². The summed E-state index contributed by atoms with van der Waals surface area (Å²) in [6.07, 6.45) is 6.29. The van der Waals surface area contributed by atoms with Gasteiger partial charge in [-0.15, -0.1) is 0 Å². The van der Waals surface area contributed by atoms with Gasteiger partial charge in [0, 0.05) is 20.1 Å². The van der Waals surface area contributed by atoms with Gasteiger partial charge in [0.25, 0.3) is 0 Å². The number of hydrogen-bond donors (Lipinski definition) is 2. The fraction of sp³-hybridized carbons (Fsp3) is 0.941. The summed E-state index contributed by atoms with van der Waals surface area (Å²) in [6, 6.07) is 0. The van der Waals surface area contributed by atoms with Crippen LogP contribution in [0.1, 0.15) is 59.8 Å². The van der Waals surface area contributed by atoms with Crippen molar-refractivity contribution in [3.05, 3.63) is 0 Å². The molecule has 4 nitrogen and oxygen atoms in total. The second-order valence-electron chi connectivity index (χ2n) is 6.05. The quantitative estimate of drug-likeness (QED) is 0.330. The number of nitrogens with zero attached hydrogens (tertiary/aromatic N) is 2. The highest BCUT2D eigenvalue weighted by atomic mass is 15.2. The molecule has 0 aromatic heterocycles. The van der Waals surface area contributed by atoms with Crippen molar-refractivity contribution >= 4 is 5.96 Å². The van der Waals surface area contributed by atoms with E-state index in [9.17, 15) is 0 Å². The zero-order valence-electron chi connectivity index (χ0n) is 15.0. The van der Waals surface area contributed by atoms with Crippen molar-refractivity contribution in [1.82, 2.24) is 15.5 Å². The highest BCUT2D eigenvalue weighted by Gasteiger charge is 2.00. The van der Waals surface area contributed by atoms with Crippen molar-refractivity contribution in [2.45, 2.75) is 59.8 Å². The van der Waals surface area contributed by atoms with Gasteiger partial charge in [0.05, 0.1) is 0 Å². The number of nitrogens with one attached hydrogen (secondary N) is 2. The maximum Gasteiger partial charge on any atom is 0.190 e. The van der Waals surface area contributed by atoms with Crippen molar-refractivity contribution in [3.8, 4) is 0 Å². The van der Waals surface area contributed by atoms with Crippen LogP contribution >= 0.6 is 0 Å². The van der Waals surface area contributed by atoms with E-state index in [2.05, 4.69) is 48.2 Å². The topological polar surface area (TPSA) is 39.7 Å². The first-order valence-electron chi connectivity index (χ1n) is 8.80. The van der Waals surface area contributed by atoms with Crippen LogP contribution in [0.5, 0.6) is 0 Å². The van der Waals surface area contributed by atoms with Gasteiger partial charge < -0.3 is 15.5 Å². The molecule has 0 aliphatic heterocycles. The molecule has 0 aliphatic rings. The van der Waals surface area contributed by atoms with Gasteiger partial charge in [0.1, 0.15) is 0 Å². The van der Waals surface area contributed by atoms with Crippen molar-refractivity contribution < 1.29 is 0 Å². The highest BCUT2D eigenvalue weighted by Crippen LogP contribution is 2.04. The zero-order chi connectivity index (χ0) is 15.9. The van der Waals surface area contributed by atoms with E-state index in [-0.39, 0.29) is 0 Å². The molecule has 2 N–H and O–H groups in total. The van der Waals surface area contributed by atoms with Crippen LogP contribution in [0.15, 0.2) is 4.99 Å². The zero-order valence-corrected chi connectivity index (χ0v) is 15.0. The van der Waals surface area contributed by atoms with Gasteiger partial charge in [-0.3, -0.25) is 4.99 Å². The normalized spacial score (nSPS) is 12.2. The molecule has 0 radical (unpaired) electrons. The molecule has 0 saturated heterocycles. The molecule has 0 bridgehead atoms. The summed E-state index contributed by atoms with van der Waals surface area (Å²) in [4.78, 5) is 6.74. The Balaban J connectivity index is 3.54. The first-order chi connectivity index (χ1) is 10.1. The summed E-state index contributed by atoms with van der Waals surface area (Å²) in [5.41, 5.74) is 0. The molecule has 21 heavy (non-hydrogen) atoms. The van der Waals surface area contributed by atoms with Crippen LogP contribution in [0.4, 0.5) is 0 Å². The summed E-state index contributed by atoms with van der Waals surface area (Å²) in [6.45, 7) is 14.6. The van der Waals surface area contributed by atoms with Crippen molar-refractivity contribution in [2.75, 3.05) is 39.8 Å². The van der Waals surface area contributed by atoms with Gasteiger partial charge in [0.15, 0.2) is 5.96 Å². The number of aliphatic imine (C=N–C) groups is 1. The minimum atomic E-state index is 0.813. The fourth-order valence-corrected chi connectivity index (χ4v) is 2.31. The smallest absolute Gasteiger partial charge is 0.190 e. The summed E-state index contributed by atoms with van der Waals surface area (Å²) >= 11 is 0. The van der Waals surface area contributed by atoms with Crippen molar-refractivity contribution in [2.24, 2.45) is 10.9 Å². The van der Waals surface area contributed by atoms with Gasteiger partial charge in [-0.05, 0) is 44.8 Å². The molecule has 0 aromatic rings. The lowest BCUT2D eigenvalue weighted by atomic mass is 10.1. The van der Waals surface area contributed by atoms with Crippen LogP contribution in [0.2, 0.25) is 0 Å². The second-order valence-corrected chi connectivity index (χ2v) is 6.05. The van der Waals surface area contributed by atoms with Crippen molar-refractivity contribution in [1.29, 1.82) is 0 Å². The summed E-state index contributed by atoms with van der Waals surface area (Å²) < 4.78 is 0. The van der Waals surface area contributed by atoms with E-state index in [1.54, 1.807) is 0 Å². The second kappa shape index (κ2) is 14.2. The number of rotatable bonds is 12. The molecule has 0 aliphatic carbocycles. The van der Waals surface area contributed by atoms with Crippen molar-refractivity contribution in [3.63, 3.8) is 0 Å². The molecule has 0 atom stereocenters. The Bertz CT molecular complexity index is 247. The van der Waals surface area contributed by atoms with Crippen LogP contribution in [0, 0.1) is 5.92 Å². The Morgan fingerprint density at radius 3 is 2.00 bits per heavy atom. The van der Waals surface area contributed by atoms with Crippen LogP contribution in [-0.2, 0) is 0 Å². The Labute approximate surface area is 132 Å². The van der Waals surface area contributed by atoms with E-state index in [1.165, 1.54) is 38.6 Å². The molecule has 0 unspecified atom stereocenters. The van der Waals surface area contributed by atoms with E-state index < -0.39 is 0 Å². The fourth-order valence-electron chi connectivity index (χ4n) is 2.31. The lowest BCUT2D eigenvalue weighted by Crippen LogP contribution is -2.38. The van der Waals surface area contributed by atoms with Crippen LogP contribution in [-0.4, -0.2) is 50.6 Å². The Kier molecular flexibility index (Phi) is 13.7. The average molecular weight is 299 g/mol. The standard InChI is InChI=1S/C17H38N4/c1-6-21(7-2)15-11-10-14-20-17(18-5)19-13-9-8-12-16(3)4/h16H,6-15H2,1-5H3,(H2,18,19,20). The predicted octanol–water partition coefficient (Wildman–Crippen LogP) is 3.10. The van der Waals surface area contributed by atoms with E-state index in [0.29, 0.717) is 0 Å². The molecule has 0 rings (SSSR count). The van der Waals surface area contributed by atoms with E-state index >= 15 is 0 Å². The van der Waals surface area contributed by atoms with E-state index in [0.717, 1.165) is 38.1 Å². The Hall–Kier alpha value is -0.770. The lowest BCUT2D eigenvalue weighted by Gasteiger charge is -2.18. The van der Waals surface area contributed by atoms with Gasteiger partial charge in [-0.1, -0.05) is 40.5 Å². The number of guanidine groups is 1. The largest absolute Gasteiger partial charge is 0.356 e. The highest BCUT2D eigenvalue weighted by molar-refractivity contribution is 5.79. The molecule has 0 aromatic carbocycles. The molecule has 4 heteroatoms. The molecule has 0 amide bonds. The maximum atomic E-state index is 4.27. The minimum absolute atomic E-state index is 0.813. The lowest BCUT2D eigenvalue weighted by molar-refractivity contribution is 0.297. The Morgan fingerprint density at radius 2 is 1.52 bits per heavy atom. The molecular formula is C17H38N4. The first-order valence-corrected chi connectivity index (χ1v) is 8.80. The molecule has 0 spiro atoms. The molecule has 0 fully saturated rings. The summed E-state index contributed by atoms with van der Waals surface area (Å²) in [5, 5.41) is 6.79.